The summed E-state index contributed by atoms with van der Waals surface area (Å²) >= 11 is 3.30. The van der Waals surface area contributed by atoms with Gasteiger partial charge in [-0.05, 0) is 64.8 Å². The number of hydrogen-bond donors (Lipinski definition) is 1. The number of rotatable bonds is 2. The van der Waals surface area contributed by atoms with Gasteiger partial charge in [0.25, 0.3) is 11.8 Å². The summed E-state index contributed by atoms with van der Waals surface area (Å²) in [4.78, 5) is 31.0. The van der Waals surface area contributed by atoms with Crippen molar-refractivity contribution in [3.05, 3.63) is 76.0 Å². The van der Waals surface area contributed by atoms with Gasteiger partial charge in [-0.2, -0.15) is 0 Å². The zero-order valence-electron chi connectivity index (χ0n) is 15.2. The zero-order valence-corrected chi connectivity index (χ0v) is 16.8. The number of aryl methyl sites for hydroxylation is 1. The number of fused-ring (bicyclic) bond motifs is 2. The molecule has 140 valence electrons. The number of amides is 2. The molecule has 1 aliphatic heterocycles. The Hall–Kier alpha value is -3.19. The first-order valence-electron chi connectivity index (χ1n) is 8.55. The molecule has 1 aliphatic rings. The van der Waals surface area contributed by atoms with Crippen molar-refractivity contribution in [1.29, 1.82) is 0 Å². The van der Waals surface area contributed by atoms with Crippen LogP contribution in [0.5, 0.6) is 11.5 Å². The second-order valence-electron chi connectivity index (χ2n) is 6.49. The molecular weight excluding hydrogens is 422 g/mol. The van der Waals surface area contributed by atoms with E-state index < -0.39 is 0 Å². The van der Waals surface area contributed by atoms with Gasteiger partial charge in [-0.25, -0.2) is 0 Å². The topological polar surface area (TPSA) is 71.5 Å². The van der Waals surface area contributed by atoms with E-state index in [1.165, 1.54) is 6.20 Å². The van der Waals surface area contributed by atoms with Crippen LogP contribution in [-0.2, 0) is 0 Å². The van der Waals surface area contributed by atoms with Gasteiger partial charge in [-0.15, -0.1) is 0 Å². The average molecular weight is 438 g/mol. The molecule has 0 radical (unpaired) electrons. The van der Waals surface area contributed by atoms with Gasteiger partial charge >= 0.3 is 0 Å². The van der Waals surface area contributed by atoms with Crippen molar-refractivity contribution in [2.24, 2.45) is 0 Å². The van der Waals surface area contributed by atoms with Gasteiger partial charge < -0.3 is 15.0 Å². The maximum Gasteiger partial charge on any atom is 0.261 e. The monoisotopic (exact) mass is 437 g/mol. The Labute approximate surface area is 170 Å². The Bertz CT molecular complexity index is 1110. The first kappa shape index (κ1) is 18.2. The molecule has 2 amide bonds. The van der Waals surface area contributed by atoms with E-state index >= 15 is 0 Å². The Kier molecular flexibility index (Phi) is 4.60. The molecule has 28 heavy (non-hydrogen) atoms. The van der Waals surface area contributed by atoms with Crippen molar-refractivity contribution in [3.8, 4) is 11.5 Å². The lowest BCUT2D eigenvalue weighted by molar-refractivity contribution is 0.0990. The summed E-state index contributed by atoms with van der Waals surface area (Å²) < 4.78 is 6.68. The Morgan fingerprint density at radius 2 is 1.89 bits per heavy atom. The van der Waals surface area contributed by atoms with Crippen LogP contribution in [-0.4, -0.2) is 23.8 Å². The second kappa shape index (κ2) is 7.09. The molecule has 0 unspecified atom stereocenters. The molecule has 4 rings (SSSR count). The van der Waals surface area contributed by atoms with Gasteiger partial charge in [-0.1, -0.05) is 6.07 Å². The van der Waals surface area contributed by atoms with Crippen molar-refractivity contribution in [2.45, 2.75) is 6.92 Å². The molecule has 1 aromatic heterocycles. The van der Waals surface area contributed by atoms with Crippen LogP contribution in [0.4, 0.5) is 11.4 Å². The minimum absolute atomic E-state index is 0.209. The van der Waals surface area contributed by atoms with E-state index in [-0.39, 0.29) is 11.8 Å². The Balaban J connectivity index is 1.67. The van der Waals surface area contributed by atoms with Gasteiger partial charge in [-0.3, -0.25) is 14.6 Å². The molecule has 0 spiro atoms. The summed E-state index contributed by atoms with van der Waals surface area (Å²) in [6, 6.07) is 12.4. The SMILES string of the molecule is Cc1ccc2c(c1)N(C)C(=O)c1cc(NC(=O)c3cncc(Br)c3)ccc1O2. The van der Waals surface area contributed by atoms with Gasteiger partial charge in [0.15, 0.2) is 5.75 Å². The van der Waals surface area contributed by atoms with E-state index in [9.17, 15) is 9.59 Å². The summed E-state index contributed by atoms with van der Waals surface area (Å²) in [5.74, 6) is 0.529. The molecule has 3 aromatic rings. The number of ether oxygens (including phenoxy) is 1. The largest absolute Gasteiger partial charge is 0.454 e. The predicted molar refractivity (Wildman–Crippen MR) is 110 cm³/mol. The second-order valence-corrected chi connectivity index (χ2v) is 7.41. The lowest BCUT2D eigenvalue weighted by atomic mass is 10.1. The van der Waals surface area contributed by atoms with Crippen LogP contribution in [0.25, 0.3) is 0 Å². The summed E-state index contributed by atoms with van der Waals surface area (Å²) in [6.07, 6.45) is 3.08. The highest BCUT2D eigenvalue weighted by Crippen LogP contribution is 2.39. The Morgan fingerprint density at radius 1 is 1.11 bits per heavy atom. The van der Waals surface area contributed by atoms with Crippen LogP contribution in [0.2, 0.25) is 0 Å². The highest BCUT2D eigenvalue weighted by Gasteiger charge is 2.26. The lowest BCUT2D eigenvalue weighted by Gasteiger charge is -2.16. The molecule has 2 aromatic carbocycles. The number of anilines is 2. The molecule has 7 heteroatoms. The lowest BCUT2D eigenvalue weighted by Crippen LogP contribution is -2.25. The highest BCUT2D eigenvalue weighted by molar-refractivity contribution is 9.10. The first-order chi connectivity index (χ1) is 13.4. The van der Waals surface area contributed by atoms with E-state index in [0.717, 1.165) is 5.56 Å². The molecule has 1 N–H and O–H groups in total. The number of pyridine rings is 1. The van der Waals surface area contributed by atoms with Crippen LogP contribution in [0.1, 0.15) is 26.3 Å². The van der Waals surface area contributed by atoms with E-state index in [4.69, 9.17) is 4.74 Å². The third kappa shape index (κ3) is 3.36. The average Bonchev–Trinajstić information content (AvgIpc) is 2.78. The molecule has 0 atom stereocenters. The number of halogens is 1. The summed E-state index contributed by atoms with van der Waals surface area (Å²) in [5.41, 5.74) is 3.01. The molecular formula is C21H16BrN3O3. The zero-order chi connectivity index (χ0) is 19.8. The molecule has 6 nitrogen and oxygen atoms in total. The van der Waals surface area contributed by atoms with Crippen LogP contribution >= 0.6 is 15.9 Å². The molecule has 0 saturated carbocycles. The number of nitrogens with one attached hydrogen (secondary N) is 1. The van der Waals surface area contributed by atoms with Crippen molar-refractivity contribution < 1.29 is 14.3 Å². The van der Waals surface area contributed by atoms with Crippen LogP contribution in [0, 0.1) is 6.92 Å². The van der Waals surface area contributed by atoms with Gasteiger partial charge in [0, 0.05) is 29.6 Å². The van der Waals surface area contributed by atoms with Gasteiger partial charge in [0.05, 0.1) is 16.8 Å². The molecule has 0 saturated heterocycles. The predicted octanol–water partition coefficient (Wildman–Crippen LogP) is 4.79. The number of carbonyl (C=O) groups is 2. The van der Waals surface area contributed by atoms with Crippen LogP contribution < -0.4 is 15.0 Å². The van der Waals surface area contributed by atoms with Crippen molar-refractivity contribution in [1.82, 2.24) is 4.98 Å². The fourth-order valence-electron chi connectivity index (χ4n) is 2.99. The normalized spacial score (nSPS) is 12.5. The van der Waals surface area contributed by atoms with Crippen LogP contribution in [0.15, 0.2) is 59.3 Å². The number of hydrogen-bond acceptors (Lipinski definition) is 4. The van der Waals surface area contributed by atoms with E-state index in [2.05, 4.69) is 26.2 Å². The molecule has 0 fully saturated rings. The third-order valence-electron chi connectivity index (χ3n) is 4.44. The third-order valence-corrected chi connectivity index (χ3v) is 4.87. The molecule has 0 bridgehead atoms. The molecule has 0 aliphatic carbocycles. The summed E-state index contributed by atoms with van der Waals surface area (Å²) in [5, 5.41) is 2.80. The maximum atomic E-state index is 13.0. The van der Waals surface area contributed by atoms with Crippen molar-refractivity contribution in [3.63, 3.8) is 0 Å². The fourth-order valence-corrected chi connectivity index (χ4v) is 3.35. The van der Waals surface area contributed by atoms with Gasteiger partial charge in [0.2, 0.25) is 0 Å². The van der Waals surface area contributed by atoms with E-state index in [0.29, 0.717) is 38.5 Å². The van der Waals surface area contributed by atoms with Crippen LogP contribution in [0.3, 0.4) is 0 Å². The number of nitrogens with zero attached hydrogens (tertiary/aromatic N) is 2. The quantitative estimate of drug-likeness (QED) is 0.625. The van der Waals surface area contributed by atoms with E-state index in [1.54, 1.807) is 42.4 Å². The minimum atomic E-state index is -0.317. The maximum absolute atomic E-state index is 13.0. The van der Waals surface area contributed by atoms with Crippen molar-refractivity contribution in [2.75, 3.05) is 17.3 Å². The van der Waals surface area contributed by atoms with E-state index in [1.807, 2.05) is 25.1 Å². The Morgan fingerprint density at radius 3 is 2.68 bits per heavy atom. The summed E-state index contributed by atoms with van der Waals surface area (Å²) in [7, 11) is 1.71. The highest BCUT2D eigenvalue weighted by atomic mass is 79.9. The minimum Gasteiger partial charge on any atom is -0.454 e. The summed E-state index contributed by atoms with van der Waals surface area (Å²) in [6.45, 7) is 1.96. The standard InChI is InChI=1S/C21H16BrN3O3/c1-12-3-5-19-17(7-12)25(2)21(27)16-9-15(4-6-18(16)28-19)24-20(26)13-8-14(22)11-23-10-13/h3-11H,1-2H3,(H,24,26). The molecule has 2 heterocycles. The number of carbonyl (C=O) groups excluding carboxylic acids is 2. The first-order valence-corrected chi connectivity index (χ1v) is 9.34. The number of benzene rings is 2. The van der Waals surface area contributed by atoms with Crippen molar-refractivity contribution >= 4 is 39.1 Å². The fraction of sp³-hybridized carbons (Fsp3) is 0.0952. The number of aromatic nitrogens is 1. The smallest absolute Gasteiger partial charge is 0.261 e. The van der Waals surface area contributed by atoms with Gasteiger partial charge in [0.1, 0.15) is 5.75 Å².